The molecule has 1 saturated carbocycles. The van der Waals surface area contributed by atoms with Crippen molar-refractivity contribution >= 4 is 17.8 Å². The Kier molecular flexibility index (Phi) is 6.30. The largest absolute Gasteiger partial charge is 0.464 e. The van der Waals surface area contributed by atoms with Gasteiger partial charge in [-0.1, -0.05) is 56.0 Å². The van der Waals surface area contributed by atoms with Crippen LogP contribution in [0, 0.1) is 0 Å². The van der Waals surface area contributed by atoms with Crippen molar-refractivity contribution in [2.75, 3.05) is 7.11 Å². The normalized spacial score (nSPS) is 21.6. The molecule has 2 amide bonds. The summed E-state index contributed by atoms with van der Waals surface area (Å²) in [4.78, 5) is 45.2. The van der Waals surface area contributed by atoms with E-state index in [1.807, 2.05) is 30.3 Å². The number of esters is 1. The van der Waals surface area contributed by atoms with Gasteiger partial charge in [-0.2, -0.15) is 0 Å². The first-order valence-electron chi connectivity index (χ1n) is 11.2. The number of aromatic nitrogens is 2. The van der Waals surface area contributed by atoms with Crippen molar-refractivity contribution in [1.82, 2.24) is 19.8 Å². The van der Waals surface area contributed by atoms with Crippen LogP contribution in [0.3, 0.4) is 0 Å². The van der Waals surface area contributed by atoms with E-state index < -0.39 is 17.4 Å². The second-order valence-electron chi connectivity index (χ2n) is 8.87. The minimum Gasteiger partial charge on any atom is -0.464 e. The van der Waals surface area contributed by atoms with Crippen LogP contribution >= 0.6 is 0 Å². The van der Waals surface area contributed by atoms with Gasteiger partial charge in [0.05, 0.1) is 20.0 Å². The van der Waals surface area contributed by atoms with Crippen LogP contribution in [-0.4, -0.2) is 50.9 Å². The molecular formula is C24H30N4O4. The Bertz CT molecular complexity index is 995. The third-order valence-electron chi connectivity index (χ3n) is 6.60. The number of carbonyl (C=O) groups is 3. The number of benzene rings is 1. The van der Waals surface area contributed by atoms with E-state index in [1.54, 1.807) is 16.4 Å². The van der Waals surface area contributed by atoms with Gasteiger partial charge in [-0.15, -0.1) is 0 Å². The molecule has 4 rings (SSSR count). The third kappa shape index (κ3) is 4.13. The Morgan fingerprint density at radius 1 is 1.16 bits per heavy atom. The molecule has 32 heavy (non-hydrogen) atoms. The summed E-state index contributed by atoms with van der Waals surface area (Å²) in [5.74, 6) is -1.25. The number of methoxy groups -OCH3 is 1. The number of nitrogens with one attached hydrogen (secondary N) is 1. The number of hydrogen-bond donors (Lipinski definition) is 1. The maximum absolute atomic E-state index is 13.7. The van der Waals surface area contributed by atoms with Crippen LogP contribution in [0.5, 0.6) is 0 Å². The van der Waals surface area contributed by atoms with E-state index in [1.165, 1.54) is 26.3 Å². The maximum Gasteiger partial charge on any atom is 0.359 e. The Balaban J connectivity index is 1.69. The maximum atomic E-state index is 13.7. The summed E-state index contributed by atoms with van der Waals surface area (Å²) in [6, 6.07) is 9.66. The molecule has 170 valence electrons. The summed E-state index contributed by atoms with van der Waals surface area (Å²) in [7, 11) is 1.26. The van der Waals surface area contributed by atoms with Crippen molar-refractivity contribution < 1.29 is 19.1 Å². The summed E-state index contributed by atoms with van der Waals surface area (Å²) in [6.45, 7) is 2.25. The van der Waals surface area contributed by atoms with E-state index in [0.29, 0.717) is 0 Å². The van der Waals surface area contributed by atoms with Gasteiger partial charge < -0.3 is 19.5 Å². The molecule has 2 aromatic rings. The third-order valence-corrected chi connectivity index (χ3v) is 6.60. The number of rotatable bonds is 5. The minimum absolute atomic E-state index is 0.0261. The number of carbonyl (C=O) groups excluding carboxylic acids is 3. The van der Waals surface area contributed by atoms with E-state index in [2.05, 4.69) is 10.3 Å². The van der Waals surface area contributed by atoms with Gasteiger partial charge >= 0.3 is 5.97 Å². The summed E-state index contributed by atoms with van der Waals surface area (Å²) in [6.07, 6.45) is 7.93. The predicted molar refractivity (Wildman–Crippen MR) is 118 cm³/mol. The minimum atomic E-state index is -1.12. The molecule has 8 nitrogen and oxygen atoms in total. The number of nitrogens with zero attached hydrogens (tertiary/aromatic N) is 3. The Morgan fingerprint density at radius 2 is 1.84 bits per heavy atom. The van der Waals surface area contributed by atoms with Crippen molar-refractivity contribution in [3.8, 4) is 0 Å². The summed E-state index contributed by atoms with van der Waals surface area (Å²) in [5, 5.41) is 3.22. The summed E-state index contributed by atoms with van der Waals surface area (Å²) >= 11 is 0. The van der Waals surface area contributed by atoms with Crippen LogP contribution < -0.4 is 5.32 Å². The highest BCUT2D eigenvalue weighted by atomic mass is 16.5. The highest BCUT2D eigenvalue weighted by molar-refractivity contribution is 6.06. The molecule has 2 heterocycles. The Hall–Kier alpha value is -3.16. The summed E-state index contributed by atoms with van der Waals surface area (Å²) in [5.41, 5.74) is -0.0865. The van der Waals surface area contributed by atoms with Gasteiger partial charge in [0.1, 0.15) is 11.2 Å². The van der Waals surface area contributed by atoms with Crippen molar-refractivity contribution in [3.05, 3.63) is 53.6 Å². The van der Waals surface area contributed by atoms with E-state index in [0.717, 1.165) is 31.2 Å². The monoisotopic (exact) mass is 438 g/mol. The predicted octanol–water partition coefficient (Wildman–Crippen LogP) is 2.92. The van der Waals surface area contributed by atoms with Crippen molar-refractivity contribution in [2.24, 2.45) is 0 Å². The van der Waals surface area contributed by atoms with Crippen molar-refractivity contribution in [2.45, 2.75) is 70.1 Å². The lowest BCUT2D eigenvalue weighted by molar-refractivity contribution is -0.134. The van der Waals surface area contributed by atoms with Crippen LogP contribution in [0.4, 0.5) is 0 Å². The van der Waals surface area contributed by atoms with Crippen LogP contribution in [0.1, 0.15) is 72.0 Å². The zero-order valence-electron chi connectivity index (χ0n) is 18.7. The molecule has 8 heteroatoms. The van der Waals surface area contributed by atoms with Gasteiger partial charge in [0.15, 0.2) is 5.69 Å². The first kappa shape index (κ1) is 22.0. The average molecular weight is 439 g/mol. The quantitative estimate of drug-likeness (QED) is 0.572. The lowest BCUT2D eigenvalue weighted by Crippen LogP contribution is -2.64. The fraction of sp³-hybridized carbons (Fsp3) is 0.500. The Morgan fingerprint density at radius 3 is 2.50 bits per heavy atom. The average Bonchev–Trinajstić information content (AvgIpc) is 3.04. The SMILES string of the molecule is COC(=O)c1ncn2c1C(=O)N(Cc1ccccc1)[C@@](C)(C(=O)NC1CCCCCC1)C2. The fourth-order valence-electron chi connectivity index (χ4n) is 4.71. The van der Waals surface area contributed by atoms with E-state index in [9.17, 15) is 14.4 Å². The number of hydrogen-bond acceptors (Lipinski definition) is 5. The molecule has 0 radical (unpaired) electrons. The molecule has 0 unspecified atom stereocenters. The number of imidazole rings is 1. The van der Waals surface area contributed by atoms with Gasteiger partial charge in [0.2, 0.25) is 5.91 Å². The van der Waals surface area contributed by atoms with Crippen LogP contribution in [0.15, 0.2) is 36.7 Å². The first-order chi connectivity index (χ1) is 15.4. The summed E-state index contributed by atoms with van der Waals surface area (Å²) < 4.78 is 6.41. The van der Waals surface area contributed by atoms with Crippen LogP contribution in [-0.2, 0) is 22.6 Å². The lowest BCUT2D eigenvalue weighted by atomic mass is 9.92. The second-order valence-corrected chi connectivity index (χ2v) is 8.87. The lowest BCUT2D eigenvalue weighted by Gasteiger charge is -2.44. The standard InChI is InChI=1S/C24H30N4O4/c1-24(23(31)26-18-12-8-3-4-9-13-18)15-27-16-25-19(22(30)32-2)20(27)21(29)28(24)14-17-10-6-5-7-11-17/h5-7,10-11,16,18H,3-4,8-9,12-15H2,1-2H3,(H,26,31)/t24-/m1/s1. The molecule has 0 saturated heterocycles. The molecule has 0 spiro atoms. The zero-order valence-corrected chi connectivity index (χ0v) is 18.7. The molecule has 2 aliphatic rings. The zero-order chi connectivity index (χ0) is 22.7. The molecule has 1 aromatic heterocycles. The van der Waals surface area contributed by atoms with E-state index >= 15 is 0 Å². The topological polar surface area (TPSA) is 93.5 Å². The molecule has 1 N–H and O–H groups in total. The van der Waals surface area contributed by atoms with E-state index in [-0.39, 0.29) is 36.4 Å². The van der Waals surface area contributed by atoms with Gasteiger partial charge in [-0.05, 0) is 25.3 Å². The second kappa shape index (κ2) is 9.14. The van der Waals surface area contributed by atoms with Crippen LogP contribution in [0.2, 0.25) is 0 Å². The van der Waals surface area contributed by atoms with Gasteiger partial charge in [0.25, 0.3) is 5.91 Å². The molecule has 1 aliphatic heterocycles. The van der Waals surface area contributed by atoms with Crippen molar-refractivity contribution in [1.29, 1.82) is 0 Å². The highest BCUT2D eigenvalue weighted by Crippen LogP contribution is 2.31. The van der Waals surface area contributed by atoms with Crippen molar-refractivity contribution in [3.63, 3.8) is 0 Å². The molecule has 0 bridgehead atoms. The van der Waals surface area contributed by atoms with Gasteiger partial charge in [-0.3, -0.25) is 9.59 Å². The molecule has 1 aromatic carbocycles. The number of ether oxygens (including phenoxy) is 1. The highest BCUT2D eigenvalue weighted by Gasteiger charge is 2.49. The molecule has 1 atom stereocenters. The smallest absolute Gasteiger partial charge is 0.359 e. The number of amides is 2. The van der Waals surface area contributed by atoms with Gasteiger partial charge in [0, 0.05) is 12.6 Å². The fourth-order valence-corrected chi connectivity index (χ4v) is 4.71. The van der Waals surface area contributed by atoms with Crippen LogP contribution in [0.25, 0.3) is 0 Å². The first-order valence-corrected chi connectivity index (χ1v) is 11.2. The molecular weight excluding hydrogens is 408 g/mol. The Labute approximate surface area is 187 Å². The van der Waals surface area contributed by atoms with E-state index in [4.69, 9.17) is 4.74 Å². The molecule has 1 aliphatic carbocycles. The van der Waals surface area contributed by atoms with Gasteiger partial charge in [-0.25, -0.2) is 9.78 Å². The number of fused-ring (bicyclic) bond motifs is 1. The molecule has 1 fully saturated rings.